The maximum absolute atomic E-state index is 12.4. The van der Waals surface area contributed by atoms with E-state index in [-0.39, 0.29) is 36.5 Å². The third-order valence-corrected chi connectivity index (χ3v) is 7.23. The molecule has 0 aliphatic heterocycles. The standard InChI is InChI=1S/C20H31N3O4/c24-17(22-16-3-1-2-15(16)18(25)26)4-5-21-19(27)23-20-9-12-6-13(10-20)8-14(7-12)11-20/h12-16H,1-11H2,(H,22,24)(H,25,26)(H2,21,23,27)/t12?,13?,14?,15-,16+,20?/m1/s1. The van der Waals surface area contributed by atoms with Crippen LogP contribution in [0.3, 0.4) is 0 Å². The molecule has 0 aromatic rings. The van der Waals surface area contributed by atoms with Crippen LogP contribution < -0.4 is 16.0 Å². The molecule has 5 rings (SSSR count). The number of amides is 3. The zero-order chi connectivity index (χ0) is 19.0. The Hall–Kier alpha value is -1.79. The van der Waals surface area contributed by atoms with Gasteiger partial charge >= 0.3 is 12.0 Å². The van der Waals surface area contributed by atoms with Crippen LogP contribution in [0.25, 0.3) is 0 Å². The van der Waals surface area contributed by atoms with Crippen LogP contribution in [0.1, 0.15) is 64.2 Å². The van der Waals surface area contributed by atoms with Crippen molar-refractivity contribution in [3.63, 3.8) is 0 Å². The first-order chi connectivity index (χ1) is 12.9. The van der Waals surface area contributed by atoms with Crippen molar-refractivity contribution in [1.82, 2.24) is 16.0 Å². The molecule has 5 saturated carbocycles. The van der Waals surface area contributed by atoms with Gasteiger partial charge in [-0.25, -0.2) is 4.79 Å². The van der Waals surface area contributed by atoms with E-state index in [0.29, 0.717) is 12.8 Å². The summed E-state index contributed by atoms with van der Waals surface area (Å²) in [6.45, 7) is 0.272. The molecule has 5 aliphatic carbocycles. The van der Waals surface area contributed by atoms with E-state index in [1.54, 1.807) is 0 Å². The van der Waals surface area contributed by atoms with Crippen LogP contribution in [-0.4, -0.2) is 41.1 Å². The highest BCUT2D eigenvalue weighted by Crippen LogP contribution is 2.55. The first-order valence-electron chi connectivity index (χ1n) is 10.5. The first-order valence-corrected chi connectivity index (χ1v) is 10.5. The molecule has 0 saturated heterocycles. The molecule has 0 heterocycles. The number of carbonyl (C=O) groups excluding carboxylic acids is 2. The van der Waals surface area contributed by atoms with Crippen molar-refractivity contribution < 1.29 is 19.5 Å². The molecule has 4 N–H and O–H groups in total. The Bertz CT molecular complexity index is 585. The summed E-state index contributed by atoms with van der Waals surface area (Å²) in [5, 5.41) is 18.1. The first kappa shape index (κ1) is 18.6. The van der Waals surface area contributed by atoms with Crippen LogP contribution in [0.5, 0.6) is 0 Å². The predicted octanol–water partition coefficient (Wildman–Crippen LogP) is 2.01. The summed E-state index contributed by atoms with van der Waals surface area (Å²) in [6.07, 6.45) is 9.64. The van der Waals surface area contributed by atoms with Crippen molar-refractivity contribution in [2.24, 2.45) is 23.7 Å². The summed E-state index contributed by atoms with van der Waals surface area (Å²) < 4.78 is 0. The summed E-state index contributed by atoms with van der Waals surface area (Å²) in [5.74, 6) is 0.804. The van der Waals surface area contributed by atoms with Crippen LogP contribution in [0.15, 0.2) is 0 Å². The van der Waals surface area contributed by atoms with E-state index < -0.39 is 11.9 Å². The predicted molar refractivity (Wildman–Crippen MR) is 99.0 cm³/mol. The molecular weight excluding hydrogens is 346 g/mol. The van der Waals surface area contributed by atoms with E-state index in [2.05, 4.69) is 16.0 Å². The number of carboxylic acid groups (broad SMARTS) is 1. The minimum atomic E-state index is -0.842. The topological polar surface area (TPSA) is 108 Å². The Labute approximate surface area is 160 Å². The van der Waals surface area contributed by atoms with E-state index in [9.17, 15) is 19.5 Å². The van der Waals surface area contributed by atoms with Gasteiger partial charge in [0, 0.05) is 24.5 Å². The zero-order valence-corrected chi connectivity index (χ0v) is 15.8. The maximum Gasteiger partial charge on any atom is 0.315 e. The Morgan fingerprint density at radius 3 is 2.19 bits per heavy atom. The van der Waals surface area contributed by atoms with Gasteiger partial charge in [0.15, 0.2) is 0 Å². The second-order valence-electron chi connectivity index (χ2n) is 9.38. The fourth-order valence-corrected chi connectivity index (χ4v) is 6.55. The van der Waals surface area contributed by atoms with Gasteiger partial charge in [0.2, 0.25) is 5.91 Å². The smallest absolute Gasteiger partial charge is 0.315 e. The molecule has 0 radical (unpaired) electrons. The zero-order valence-electron chi connectivity index (χ0n) is 15.8. The Morgan fingerprint density at radius 2 is 1.59 bits per heavy atom. The van der Waals surface area contributed by atoms with Gasteiger partial charge in [-0.1, -0.05) is 6.42 Å². The second-order valence-corrected chi connectivity index (χ2v) is 9.38. The molecule has 0 unspecified atom stereocenters. The van der Waals surface area contributed by atoms with Crippen molar-refractivity contribution in [3.05, 3.63) is 0 Å². The van der Waals surface area contributed by atoms with Crippen LogP contribution in [0.4, 0.5) is 4.79 Å². The third-order valence-electron chi connectivity index (χ3n) is 7.23. The van der Waals surface area contributed by atoms with Gasteiger partial charge in [-0.2, -0.15) is 0 Å². The van der Waals surface area contributed by atoms with Gasteiger partial charge in [-0.3, -0.25) is 9.59 Å². The molecule has 7 nitrogen and oxygen atoms in total. The SMILES string of the molecule is O=C(CCNC(=O)NC12CC3CC(CC(C3)C1)C2)N[C@H]1CCC[C@H]1C(=O)O. The molecule has 0 aromatic heterocycles. The van der Waals surface area contributed by atoms with E-state index in [1.165, 1.54) is 19.3 Å². The second kappa shape index (κ2) is 7.32. The summed E-state index contributed by atoms with van der Waals surface area (Å²) in [5.41, 5.74) is -0.0281. The highest BCUT2D eigenvalue weighted by Gasteiger charge is 2.51. The molecule has 150 valence electrons. The summed E-state index contributed by atoms with van der Waals surface area (Å²) in [6, 6.07) is -0.454. The summed E-state index contributed by atoms with van der Waals surface area (Å²) in [4.78, 5) is 35.6. The lowest BCUT2D eigenvalue weighted by molar-refractivity contribution is -0.142. The van der Waals surface area contributed by atoms with Gasteiger partial charge in [-0.05, 0) is 69.1 Å². The van der Waals surface area contributed by atoms with E-state index in [1.807, 2.05) is 0 Å². The number of nitrogens with one attached hydrogen (secondary N) is 3. The molecule has 0 spiro atoms. The largest absolute Gasteiger partial charge is 0.481 e. The molecule has 2 atom stereocenters. The van der Waals surface area contributed by atoms with Crippen molar-refractivity contribution in [2.45, 2.75) is 75.8 Å². The van der Waals surface area contributed by atoms with Gasteiger partial charge in [0.25, 0.3) is 0 Å². The van der Waals surface area contributed by atoms with E-state index in [4.69, 9.17) is 0 Å². The van der Waals surface area contributed by atoms with Crippen molar-refractivity contribution in [1.29, 1.82) is 0 Å². The Balaban J connectivity index is 1.19. The van der Waals surface area contributed by atoms with Crippen molar-refractivity contribution >= 4 is 17.9 Å². The molecule has 3 amide bonds. The molecule has 5 fully saturated rings. The van der Waals surface area contributed by atoms with Gasteiger partial charge in [0.1, 0.15) is 0 Å². The van der Waals surface area contributed by atoms with Crippen molar-refractivity contribution in [2.75, 3.05) is 6.54 Å². The number of hydrogen-bond donors (Lipinski definition) is 4. The number of carbonyl (C=O) groups is 3. The van der Waals surface area contributed by atoms with Gasteiger partial charge < -0.3 is 21.1 Å². The molecule has 5 aliphatic rings. The minimum Gasteiger partial charge on any atom is -0.481 e. The molecule has 4 bridgehead atoms. The fraction of sp³-hybridized carbons (Fsp3) is 0.850. The lowest BCUT2D eigenvalue weighted by atomic mass is 9.53. The number of aliphatic carboxylic acids is 1. The summed E-state index contributed by atoms with van der Waals surface area (Å²) in [7, 11) is 0. The number of carboxylic acids is 1. The number of rotatable bonds is 6. The molecular formula is C20H31N3O4. The average Bonchev–Trinajstić information content (AvgIpc) is 3.01. The van der Waals surface area contributed by atoms with E-state index >= 15 is 0 Å². The normalized spacial score (nSPS) is 39.2. The van der Waals surface area contributed by atoms with Crippen LogP contribution >= 0.6 is 0 Å². The van der Waals surface area contributed by atoms with Gasteiger partial charge in [0.05, 0.1) is 5.92 Å². The van der Waals surface area contributed by atoms with Crippen LogP contribution in [0, 0.1) is 23.7 Å². The number of hydrogen-bond acceptors (Lipinski definition) is 3. The minimum absolute atomic E-state index is 0.0281. The monoisotopic (exact) mass is 377 g/mol. The van der Waals surface area contributed by atoms with Crippen LogP contribution in [0.2, 0.25) is 0 Å². The maximum atomic E-state index is 12.4. The lowest BCUT2D eigenvalue weighted by Crippen LogP contribution is -2.61. The fourth-order valence-electron chi connectivity index (χ4n) is 6.55. The van der Waals surface area contributed by atoms with Gasteiger partial charge in [-0.15, -0.1) is 0 Å². The average molecular weight is 377 g/mol. The molecule has 7 heteroatoms. The van der Waals surface area contributed by atoms with E-state index in [0.717, 1.165) is 43.4 Å². The highest BCUT2D eigenvalue weighted by molar-refractivity contribution is 5.80. The summed E-state index contributed by atoms with van der Waals surface area (Å²) >= 11 is 0. The van der Waals surface area contributed by atoms with Crippen molar-refractivity contribution in [3.8, 4) is 0 Å². The van der Waals surface area contributed by atoms with Crippen LogP contribution in [-0.2, 0) is 9.59 Å². The molecule has 0 aromatic carbocycles. The Kier molecular flexibility index (Phi) is 5.03. The highest BCUT2D eigenvalue weighted by atomic mass is 16.4. The quantitative estimate of drug-likeness (QED) is 0.568. The molecule has 27 heavy (non-hydrogen) atoms. The lowest BCUT2D eigenvalue weighted by Gasteiger charge is -2.56. The number of urea groups is 1. The third kappa shape index (κ3) is 4.06. The Morgan fingerprint density at radius 1 is 0.963 bits per heavy atom.